The van der Waals surface area contributed by atoms with Gasteiger partial charge in [-0.05, 0) is 18.6 Å². The van der Waals surface area contributed by atoms with Gasteiger partial charge in [-0.3, -0.25) is 4.79 Å². The van der Waals surface area contributed by atoms with Crippen LogP contribution < -0.4 is 10.1 Å². The third-order valence-electron chi connectivity index (χ3n) is 3.86. The van der Waals surface area contributed by atoms with Gasteiger partial charge in [0.1, 0.15) is 18.0 Å². The fourth-order valence-electron chi connectivity index (χ4n) is 2.61. The Bertz CT molecular complexity index is 497. The molecule has 1 aromatic rings. The van der Waals surface area contributed by atoms with E-state index in [0.717, 1.165) is 0 Å². The standard InChI is InChI=1S/C16H23NO6/c1-10(19)17-8-7-12-14(20)15(21)13(9-18)23-16(12)22-11-5-3-2-4-6-11/h2-6,12-16,18,20-21H,7-9H2,1H3,(H,17,19)/t12-,13+,14+,15-,16?/m0/s1. The lowest BCUT2D eigenvalue weighted by atomic mass is 9.88. The van der Waals surface area contributed by atoms with E-state index in [0.29, 0.717) is 18.7 Å². The molecule has 1 saturated heterocycles. The molecule has 1 fully saturated rings. The molecule has 0 saturated carbocycles. The minimum Gasteiger partial charge on any atom is -0.465 e. The Hall–Kier alpha value is -1.67. The van der Waals surface area contributed by atoms with Crippen molar-refractivity contribution in [2.24, 2.45) is 5.92 Å². The van der Waals surface area contributed by atoms with Crippen molar-refractivity contribution in [2.75, 3.05) is 13.2 Å². The van der Waals surface area contributed by atoms with E-state index < -0.39 is 37.1 Å². The van der Waals surface area contributed by atoms with Crippen LogP contribution in [0.25, 0.3) is 0 Å². The highest BCUT2D eigenvalue weighted by Crippen LogP contribution is 2.30. The van der Waals surface area contributed by atoms with Gasteiger partial charge >= 0.3 is 0 Å². The van der Waals surface area contributed by atoms with E-state index in [1.807, 2.05) is 6.07 Å². The molecule has 1 amide bonds. The van der Waals surface area contributed by atoms with E-state index in [1.165, 1.54) is 6.92 Å². The highest BCUT2D eigenvalue weighted by molar-refractivity contribution is 5.72. The number of aliphatic hydroxyl groups is 3. The van der Waals surface area contributed by atoms with Crippen LogP contribution in [0.2, 0.25) is 0 Å². The Kier molecular flexibility index (Phi) is 6.35. The molecular formula is C16H23NO6. The molecule has 1 aliphatic heterocycles. The summed E-state index contributed by atoms with van der Waals surface area (Å²) in [6, 6.07) is 8.95. The van der Waals surface area contributed by atoms with Crippen molar-refractivity contribution in [3.05, 3.63) is 30.3 Å². The van der Waals surface area contributed by atoms with Gasteiger partial charge in [0, 0.05) is 13.5 Å². The summed E-state index contributed by atoms with van der Waals surface area (Å²) in [4.78, 5) is 11.0. The van der Waals surface area contributed by atoms with Crippen molar-refractivity contribution in [1.29, 1.82) is 0 Å². The maximum absolute atomic E-state index is 11.0. The molecule has 1 unspecified atom stereocenters. The van der Waals surface area contributed by atoms with Gasteiger partial charge in [0.15, 0.2) is 0 Å². The van der Waals surface area contributed by atoms with Crippen molar-refractivity contribution in [1.82, 2.24) is 5.32 Å². The van der Waals surface area contributed by atoms with Gasteiger partial charge in [0.25, 0.3) is 0 Å². The molecule has 0 bridgehead atoms. The van der Waals surface area contributed by atoms with Crippen molar-refractivity contribution in [3.8, 4) is 5.75 Å². The Morgan fingerprint density at radius 1 is 1.26 bits per heavy atom. The molecule has 1 heterocycles. The normalized spacial score (nSPS) is 30.7. The second-order valence-electron chi connectivity index (χ2n) is 5.57. The third-order valence-corrected chi connectivity index (χ3v) is 3.86. The number of ether oxygens (including phenoxy) is 2. The number of benzene rings is 1. The Balaban J connectivity index is 2.09. The molecule has 4 N–H and O–H groups in total. The Labute approximate surface area is 134 Å². The number of hydrogen-bond acceptors (Lipinski definition) is 6. The minimum atomic E-state index is -1.21. The Morgan fingerprint density at radius 2 is 1.96 bits per heavy atom. The molecule has 5 atom stereocenters. The number of para-hydroxylation sites is 1. The number of hydrogen-bond donors (Lipinski definition) is 4. The number of amides is 1. The lowest BCUT2D eigenvalue weighted by Crippen LogP contribution is -2.57. The zero-order chi connectivity index (χ0) is 16.8. The average Bonchev–Trinajstić information content (AvgIpc) is 2.54. The molecule has 0 aliphatic carbocycles. The molecule has 128 valence electrons. The summed E-state index contributed by atoms with van der Waals surface area (Å²) >= 11 is 0. The highest BCUT2D eigenvalue weighted by atomic mass is 16.7. The topological polar surface area (TPSA) is 108 Å². The summed E-state index contributed by atoms with van der Waals surface area (Å²) in [5.74, 6) is -0.160. The third kappa shape index (κ3) is 4.65. The summed E-state index contributed by atoms with van der Waals surface area (Å²) in [6.45, 7) is 1.30. The van der Waals surface area contributed by atoms with Crippen LogP contribution in [0.1, 0.15) is 13.3 Å². The van der Waals surface area contributed by atoms with E-state index in [1.54, 1.807) is 24.3 Å². The zero-order valence-electron chi connectivity index (χ0n) is 13.0. The van der Waals surface area contributed by atoms with Crippen LogP contribution in [-0.2, 0) is 9.53 Å². The highest BCUT2D eigenvalue weighted by Gasteiger charge is 2.45. The second-order valence-corrected chi connectivity index (χ2v) is 5.57. The SMILES string of the molecule is CC(=O)NCC[C@@H]1C(Oc2ccccc2)O[C@H](CO)[C@H](O)[C@@H]1O. The average molecular weight is 325 g/mol. The predicted molar refractivity (Wildman–Crippen MR) is 81.6 cm³/mol. The fraction of sp³-hybridized carbons (Fsp3) is 0.562. The summed E-state index contributed by atoms with van der Waals surface area (Å²) in [7, 11) is 0. The Morgan fingerprint density at radius 3 is 2.57 bits per heavy atom. The number of rotatable bonds is 6. The molecular weight excluding hydrogens is 302 g/mol. The van der Waals surface area contributed by atoms with Crippen LogP contribution in [0.5, 0.6) is 5.75 Å². The smallest absolute Gasteiger partial charge is 0.216 e. The number of aliphatic hydroxyl groups excluding tert-OH is 3. The molecule has 1 aromatic carbocycles. The van der Waals surface area contributed by atoms with E-state index in [2.05, 4.69) is 5.32 Å². The summed E-state index contributed by atoms with van der Waals surface area (Å²) < 4.78 is 11.4. The maximum atomic E-state index is 11.0. The summed E-state index contributed by atoms with van der Waals surface area (Å²) in [5, 5.41) is 32.3. The van der Waals surface area contributed by atoms with Gasteiger partial charge in [0.2, 0.25) is 12.2 Å². The van der Waals surface area contributed by atoms with Gasteiger partial charge in [-0.2, -0.15) is 0 Å². The first kappa shape index (κ1) is 17.7. The van der Waals surface area contributed by atoms with Gasteiger partial charge in [-0.1, -0.05) is 18.2 Å². The number of nitrogens with one attached hydrogen (secondary N) is 1. The van der Waals surface area contributed by atoms with E-state index in [-0.39, 0.29) is 5.91 Å². The first-order valence-electron chi connectivity index (χ1n) is 7.61. The molecule has 1 aliphatic rings. The van der Waals surface area contributed by atoms with Crippen molar-refractivity contribution in [3.63, 3.8) is 0 Å². The van der Waals surface area contributed by atoms with Crippen LogP contribution in [0.3, 0.4) is 0 Å². The zero-order valence-corrected chi connectivity index (χ0v) is 13.0. The van der Waals surface area contributed by atoms with Gasteiger partial charge in [-0.15, -0.1) is 0 Å². The van der Waals surface area contributed by atoms with Crippen LogP contribution >= 0.6 is 0 Å². The summed E-state index contributed by atoms with van der Waals surface area (Å²) in [6.07, 6.45) is -3.72. The molecule has 7 heteroatoms. The maximum Gasteiger partial charge on any atom is 0.216 e. The van der Waals surface area contributed by atoms with Crippen molar-refractivity contribution < 1.29 is 29.6 Å². The quantitative estimate of drug-likeness (QED) is 0.569. The van der Waals surface area contributed by atoms with Gasteiger partial charge in [-0.25, -0.2) is 0 Å². The lowest BCUT2D eigenvalue weighted by molar-refractivity contribution is -0.261. The van der Waals surface area contributed by atoms with E-state index >= 15 is 0 Å². The minimum absolute atomic E-state index is 0.175. The monoisotopic (exact) mass is 325 g/mol. The van der Waals surface area contributed by atoms with E-state index in [9.17, 15) is 20.1 Å². The number of carbonyl (C=O) groups is 1. The van der Waals surface area contributed by atoms with Gasteiger partial charge < -0.3 is 30.1 Å². The first-order valence-corrected chi connectivity index (χ1v) is 7.61. The summed E-state index contributed by atoms with van der Waals surface area (Å²) in [5.41, 5.74) is 0. The second kappa shape index (κ2) is 8.26. The molecule has 23 heavy (non-hydrogen) atoms. The fourth-order valence-corrected chi connectivity index (χ4v) is 2.61. The van der Waals surface area contributed by atoms with Crippen LogP contribution in [0.15, 0.2) is 30.3 Å². The van der Waals surface area contributed by atoms with Crippen LogP contribution in [0, 0.1) is 5.92 Å². The lowest BCUT2D eigenvalue weighted by Gasteiger charge is -2.42. The first-order chi connectivity index (χ1) is 11.0. The molecule has 0 radical (unpaired) electrons. The van der Waals surface area contributed by atoms with Gasteiger partial charge in [0.05, 0.1) is 18.6 Å². The van der Waals surface area contributed by atoms with Crippen LogP contribution in [0.4, 0.5) is 0 Å². The van der Waals surface area contributed by atoms with Crippen molar-refractivity contribution >= 4 is 5.91 Å². The molecule has 0 aromatic heterocycles. The predicted octanol–water partition coefficient (Wildman–Crippen LogP) is -0.353. The molecule has 0 spiro atoms. The molecule has 2 rings (SSSR count). The molecule has 7 nitrogen and oxygen atoms in total. The van der Waals surface area contributed by atoms with Crippen LogP contribution in [-0.4, -0.2) is 59.0 Å². The van der Waals surface area contributed by atoms with Crippen molar-refractivity contribution in [2.45, 2.75) is 37.9 Å². The van der Waals surface area contributed by atoms with E-state index in [4.69, 9.17) is 9.47 Å². The number of carbonyl (C=O) groups excluding carboxylic acids is 1. The largest absolute Gasteiger partial charge is 0.465 e.